The van der Waals surface area contributed by atoms with Crippen LogP contribution in [0, 0.1) is 18.6 Å². The van der Waals surface area contributed by atoms with Gasteiger partial charge in [0.15, 0.2) is 47.9 Å². The predicted molar refractivity (Wildman–Crippen MR) is 174 cm³/mol. The van der Waals surface area contributed by atoms with Gasteiger partial charge in [-0.1, -0.05) is 5.11 Å². The van der Waals surface area contributed by atoms with Crippen LogP contribution < -0.4 is 10.4 Å². The summed E-state index contributed by atoms with van der Waals surface area (Å²) in [5.74, 6) is -10.5. The molecule has 1 aromatic heterocycles. The Morgan fingerprint density at radius 2 is 1.39 bits per heavy atom. The molecule has 10 atom stereocenters. The van der Waals surface area contributed by atoms with E-state index in [1.807, 2.05) is 0 Å². The van der Waals surface area contributed by atoms with Crippen molar-refractivity contribution in [3.05, 3.63) is 50.2 Å². The van der Waals surface area contributed by atoms with Crippen LogP contribution >= 0.6 is 0 Å². The number of fused-ring (bicyclic) bond motifs is 1. The first-order valence-corrected chi connectivity index (χ1v) is 16.4. The number of esters is 6. The van der Waals surface area contributed by atoms with E-state index in [2.05, 4.69) is 10.0 Å². The molecule has 1 aromatic carbocycles. The minimum Gasteiger partial charge on any atom is -0.467 e. The van der Waals surface area contributed by atoms with Gasteiger partial charge in [0.25, 0.3) is 0 Å². The number of rotatable bonds is 12. The van der Waals surface area contributed by atoms with Crippen LogP contribution in [0.25, 0.3) is 21.4 Å². The second kappa shape index (κ2) is 18.2. The van der Waals surface area contributed by atoms with Gasteiger partial charge < -0.3 is 51.8 Å². The van der Waals surface area contributed by atoms with Gasteiger partial charge in [-0.15, -0.1) is 0 Å². The number of benzene rings is 1. The largest absolute Gasteiger partial charge is 0.467 e. The summed E-state index contributed by atoms with van der Waals surface area (Å²) in [6.45, 7) is 5.47. The molecule has 21 nitrogen and oxygen atoms in total. The van der Waals surface area contributed by atoms with Crippen molar-refractivity contribution in [2.75, 3.05) is 13.7 Å². The maximum absolute atomic E-state index is 15.8. The van der Waals surface area contributed by atoms with Gasteiger partial charge >= 0.3 is 41.4 Å². The fourth-order valence-corrected chi connectivity index (χ4v) is 5.92. The van der Waals surface area contributed by atoms with Crippen LogP contribution in [0.15, 0.2) is 26.5 Å². The highest BCUT2D eigenvalue weighted by Crippen LogP contribution is 2.38. The molecule has 23 heteroatoms. The molecule has 2 fully saturated rings. The first-order valence-electron chi connectivity index (χ1n) is 16.4. The molecule has 2 aliphatic heterocycles. The van der Waals surface area contributed by atoms with E-state index in [-0.39, 0.29) is 10.9 Å². The Balaban J connectivity index is 1.87. The van der Waals surface area contributed by atoms with Crippen molar-refractivity contribution in [2.45, 2.75) is 103 Å². The van der Waals surface area contributed by atoms with E-state index in [0.717, 1.165) is 53.9 Å². The number of carbonyl (C=O) groups is 6. The highest BCUT2D eigenvalue weighted by molar-refractivity contribution is 5.82. The smallest absolute Gasteiger partial charge is 0.338 e. The summed E-state index contributed by atoms with van der Waals surface area (Å²) in [5, 5.41) is 3.44. The third-order valence-corrected chi connectivity index (χ3v) is 8.01. The quantitative estimate of drug-likeness (QED) is 0.0738. The number of nitrogens with zero attached hydrogens (tertiary/aromatic N) is 3. The Bertz CT molecular complexity index is 1990. The summed E-state index contributed by atoms with van der Waals surface area (Å²) in [4.78, 5) is 89.3. The van der Waals surface area contributed by atoms with Crippen molar-refractivity contribution in [3.63, 3.8) is 0 Å². The van der Waals surface area contributed by atoms with Gasteiger partial charge in [0.2, 0.25) is 18.2 Å². The topological polar surface area (TPSA) is 274 Å². The number of hydrogen-bond acceptors (Lipinski definition) is 19. The number of aryl methyl sites for hydroxylation is 1. The van der Waals surface area contributed by atoms with Gasteiger partial charge in [0.05, 0.1) is 7.11 Å². The highest BCUT2D eigenvalue weighted by Gasteiger charge is 2.58. The van der Waals surface area contributed by atoms with Crippen molar-refractivity contribution < 1.29 is 89.3 Å². The first kappa shape index (κ1) is 42.8. The molecule has 6 unspecified atom stereocenters. The van der Waals surface area contributed by atoms with Crippen LogP contribution in [0.4, 0.5) is 8.78 Å². The molecule has 304 valence electrons. The van der Waals surface area contributed by atoms with Gasteiger partial charge in [0.1, 0.15) is 24.9 Å². The van der Waals surface area contributed by atoms with E-state index in [1.165, 1.54) is 6.92 Å². The van der Waals surface area contributed by atoms with Crippen LogP contribution in [0.3, 0.4) is 0 Å². The summed E-state index contributed by atoms with van der Waals surface area (Å²) in [6, 6.07) is -0.0497. The van der Waals surface area contributed by atoms with Crippen molar-refractivity contribution in [1.29, 1.82) is 0 Å². The second-order valence-corrected chi connectivity index (χ2v) is 12.1. The zero-order chi connectivity index (χ0) is 41.6. The minimum absolute atomic E-state index is 0.141. The third-order valence-electron chi connectivity index (χ3n) is 8.01. The molecule has 4 rings (SSSR count). The van der Waals surface area contributed by atoms with E-state index in [1.54, 1.807) is 0 Å². The summed E-state index contributed by atoms with van der Waals surface area (Å²) in [6.07, 6.45) is -17.4. The van der Waals surface area contributed by atoms with E-state index in [4.69, 9.17) is 51.8 Å². The monoisotopic (exact) mass is 799 g/mol. The minimum atomic E-state index is -2.23. The van der Waals surface area contributed by atoms with Crippen LogP contribution in [-0.2, 0) is 71.4 Å². The molecule has 3 heterocycles. The Labute approximate surface area is 313 Å². The predicted octanol–water partition coefficient (Wildman–Crippen LogP) is 1.74. The molecule has 0 radical (unpaired) electrons. The van der Waals surface area contributed by atoms with Gasteiger partial charge in [-0.25, -0.2) is 14.0 Å². The summed E-state index contributed by atoms with van der Waals surface area (Å²) >= 11 is 0. The lowest BCUT2D eigenvalue weighted by Gasteiger charge is -2.47. The highest BCUT2D eigenvalue weighted by atomic mass is 19.1. The third kappa shape index (κ3) is 9.85. The molecule has 2 aromatic rings. The van der Waals surface area contributed by atoms with Crippen molar-refractivity contribution in [3.8, 4) is 5.75 Å². The fraction of sp³-hybridized carbons (Fsp3) is 0.545. The Hall–Kier alpha value is -5.90. The summed E-state index contributed by atoms with van der Waals surface area (Å²) < 4.78 is 90.9. The van der Waals surface area contributed by atoms with Crippen LogP contribution in [0.2, 0.25) is 0 Å². The Morgan fingerprint density at radius 3 is 1.96 bits per heavy atom. The van der Waals surface area contributed by atoms with Gasteiger partial charge in [-0.2, -0.15) is 4.39 Å². The van der Waals surface area contributed by atoms with Gasteiger partial charge in [-0.05, 0) is 24.1 Å². The van der Waals surface area contributed by atoms with Crippen LogP contribution in [0.1, 0.15) is 40.2 Å². The van der Waals surface area contributed by atoms with E-state index in [0.29, 0.717) is 0 Å². The molecule has 0 aliphatic carbocycles. The standard InChI is InChI=1S/C33H35F2N3O18/c1-11-8-20(44)53-23-17(11)9-18(34)24(21(23)35)54-33-30(51-16(6)43)28(50-15(5)42)27(29(56-33)31(45)46-7)55-32-22(37-38-36)26(49-14(4)41)25(48-13(3)40)19(52-32)10-47-12(2)39/h8-9,19,22,25-30,32-33H,10H2,1-7H3/t19?,22?,25-,26?,27+,28?,29?,30?,32-,33-/m1/s1. The zero-order valence-corrected chi connectivity index (χ0v) is 30.6. The molecule has 0 bridgehead atoms. The maximum atomic E-state index is 15.8. The van der Waals surface area contributed by atoms with Gasteiger partial charge in [-0.3, -0.25) is 24.0 Å². The molecular weight excluding hydrogens is 764 g/mol. The zero-order valence-electron chi connectivity index (χ0n) is 30.6. The molecule has 0 amide bonds. The molecule has 2 aliphatic rings. The average molecular weight is 800 g/mol. The number of hydrogen-bond donors (Lipinski definition) is 0. The first-order chi connectivity index (χ1) is 26.4. The lowest BCUT2D eigenvalue weighted by molar-refractivity contribution is -0.333. The molecule has 56 heavy (non-hydrogen) atoms. The van der Waals surface area contributed by atoms with E-state index >= 15 is 8.78 Å². The number of azide groups is 1. The molecular formula is C33H35F2N3O18. The summed E-state index contributed by atoms with van der Waals surface area (Å²) in [7, 11) is 0.889. The Morgan fingerprint density at radius 1 is 0.804 bits per heavy atom. The number of ether oxygens (including phenoxy) is 10. The molecule has 0 N–H and O–H groups in total. The van der Waals surface area contributed by atoms with Crippen LogP contribution in [-0.4, -0.2) is 111 Å². The molecule has 0 saturated carbocycles. The van der Waals surface area contributed by atoms with E-state index in [9.17, 15) is 39.1 Å². The van der Waals surface area contributed by atoms with Crippen LogP contribution in [0.5, 0.6) is 5.75 Å². The SMILES string of the molecule is COC(=O)C1O[C@@H](Oc2c(F)cc3c(C)cc(=O)oc3c2F)C(OC(C)=O)C(OC(C)=O)[C@@H]1O[C@H]1OC(COC(C)=O)[C@@H](OC(C)=O)C(OC(C)=O)C1N=[N+]=[N-]. The van der Waals surface area contributed by atoms with Crippen molar-refractivity contribution >= 4 is 46.8 Å². The average Bonchev–Trinajstić information content (AvgIpc) is 3.09. The van der Waals surface area contributed by atoms with E-state index < -0.39 is 132 Å². The number of halogens is 2. The van der Waals surface area contributed by atoms with Gasteiger partial charge in [0, 0.05) is 51.0 Å². The van der Waals surface area contributed by atoms with Crippen molar-refractivity contribution in [2.24, 2.45) is 5.11 Å². The summed E-state index contributed by atoms with van der Waals surface area (Å²) in [5.41, 5.74) is 7.93. The number of carbonyl (C=O) groups excluding carboxylic acids is 6. The lowest BCUT2D eigenvalue weighted by Crippen LogP contribution is -2.67. The molecule has 2 saturated heterocycles. The second-order valence-electron chi connectivity index (χ2n) is 12.1. The fourth-order valence-electron chi connectivity index (χ4n) is 5.92. The Kier molecular flexibility index (Phi) is 13.9. The molecule has 0 spiro atoms. The number of methoxy groups -OCH3 is 1. The van der Waals surface area contributed by atoms with Crippen molar-refractivity contribution in [1.82, 2.24) is 0 Å². The lowest BCUT2D eigenvalue weighted by atomic mass is 9.95. The maximum Gasteiger partial charge on any atom is 0.338 e. The normalized spacial score (nSPS) is 27.2.